The number of hydrogen-bond acceptors (Lipinski definition) is 3. The van der Waals surface area contributed by atoms with Gasteiger partial charge in [0.1, 0.15) is 5.69 Å². The zero-order chi connectivity index (χ0) is 12.7. The van der Waals surface area contributed by atoms with Gasteiger partial charge < -0.3 is 10.5 Å². The smallest absolute Gasteiger partial charge is 0.271 e. The molecule has 1 aromatic carbocycles. The van der Waals surface area contributed by atoms with Crippen LogP contribution in [0.1, 0.15) is 10.5 Å². The van der Waals surface area contributed by atoms with E-state index in [0.29, 0.717) is 5.69 Å². The monoisotopic (exact) mass is 241 g/mol. The maximum atomic E-state index is 11.6. The van der Waals surface area contributed by atoms with Crippen molar-refractivity contribution in [2.24, 2.45) is 0 Å². The quantitative estimate of drug-likeness (QED) is 0.638. The molecule has 0 saturated carbocycles. The van der Waals surface area contributed by atoms with Gasteiger partial charge in [-0.2, -0.15) is 4.73 Å². The molecule has 1 aromatic rings. The number of nitrogens with zero attached hydrogens (tertiary/aromatic N) is 2. The number of carbonyl (C=O) groups excluding carboxylic acids is 1. The zero-order valence-electron chi connectivity index (χ0n) is 9.71. The largest absolute Gasteiger partial charge is 0.428 e. The van der Waals surface area contributed by atoms with Crippen LogP contribution in [0.5, 0.6) is 0 Å². The van der Waals surface area contributed by atoms with E-state index in [9.17, 15) is 10.0 Å². The second-order valence-corrected chi connectivity index (χ2v) is 4.01. The summed E-state index contributed by atoms with van der Waals surface area (Å²) in [5.74, 6) is -0.343. The lowest BCUT2D eigenvalue weighted by Crippen LogP contribution is -2.22. The molecule has 2 heterocycles. The molecule has 0 bridgehead atoms. The number of para-hydroxylation sites is 1. The van der Waals surface area contributed by atoms with E-state index in [1.807, 2.05) is 24.3 Å². The van der Waals surface area contributed by atoms with E-state index in [2.05, 4.69) is 10.3 Å². The summed E-state index contributed by atoms with van der Waals surface area (Å²) < 4.78 is 0.799. The molecule has 0 saturated heterocycles. The molecule has 1 amide bonds. The van der Waals surface area contributed by atoms with Crippen LogP contribution in [0.4, 0.5) is 0 Å². The van der Waals surface area contributed by atoms with Gasteiger partial charge in [-0.1, -0.05) is 18.2 Å². The van der Waals surface area contributed by atoms with Gasteiger partial charge in [-0.3, -0.25) is 4.79 Å². The molecule has 0 aliphatic carbocycles. The van der Waals surface area contributed by atoms with Crippen molar-refractivity contribution in [1.29, 1.82) is 0 Å². The number of amides is 1. The lowest BCUT2D eigenvalue weighted by Gasteiger charge is -2.08. The predicted molar refractivity (Wildman–Crippen MR) is 66.9 cm³/mol. The summed E-state index contributed by atoms with van der Waals surface area (Å²) >= 11 is 0. The van der Waals surface area contributed by atoms with Crippen LogP contribution in [0.15, 0.2) is 36.5 Å². The van der Waals surface area contributed by atoms with E-state index in [-0.39, 0.29) is 11.6 Å². The molecule has 0 fully saturated rings. The van der Waals surface area contributed by atoms with Gasteiger partial charge in [0.05, 0.1) is 17.4 Å². The number of fused-ring (bicyclic) bond motifs is 3. The van der Waals surface area contributed by atoms with Crippen molar-refractivity contribution in [1.82, 2.24) is 15.0 Å². The lowest BCUT2D eigenvalue weighted by molar-refractivity contribution is 0.0908. The Bertz CT molecular complexity index is 718. The zero-order valence-corrected chi connectivity index (χ0v) is 9.71. The van der Waals surface area contributed by atoms with E-state index in [0.717, 1.165) is 21.2 Å². The summed E-state index contributed by atoms with van der Waals surface area (Å²) in [6.07, 6.45) is 1.44. The Labute approximate surface area is 103 Å². The second kappa shape index (κ2) is 3.73. The van der Waals surface area contributed by atoms with E-state index >= 15 is 0 Å². The van der Waals surface area contributed by atoms with Gasteiger partial charge in [0.25, 0.3) is 5.91 Å². The summed E-state index contributed by atoms with van der Waals surface area (Å²) in [5.41, 5.74) is 2.55. The van der Waals surface area contributed by atoms with E-state index in [4.69, 9.17) is 0 Å². The Morgan fingerprint density at radius 2 is 2.17 bits per heavy atom. The SMILES string of the molecule is CNC(=O)c1cc2c3ccccc3nc-2cn1O. The fourth-order valence-corrected chi connectivity index (χ4v) is 2.06. The summed E-state index contributed by atoms with van der Waals surface area (Å²) in [4.78, 5) is 16.0. The van der Waals surface area contributed by atoms with Crippen LogP contribution in [0.25, 0.3) is 22.2 Å². The van der Waals surface area contributed by atoms with E-state index < -0.39 is 0 Å². The van der Waals surface area contributed by atoms with Gasteiger partial charge in [0.15, 0.2) is 0 Å². The third kappa shape index (κ3) is 1.41. The molecule has 0 aromatic heterocycles. The molecule has 5 heteroatoms. The maximum absolute atomic E-state index is 11.6. The molecular weight excluding hydrogens is 230 g/mol. The molecule has 0 spiro atoms. The third-order valence-corrected chi connectivity index (χ3v) is 2.94. The number of benzene rings is 1. The highest BCUT2D eigenvalue weighted by molar-refractivity contribution is 6.00. The topological polar surface area (TPSA) is 67.2 Å². The number of carbonyl (C=O) groups is 1. The first-order valence-corrected chi connectivity index (χ1v) is 5.53. The number of hydrogen-bond donors (Lipinski definition) is 2. The Balaban J connectivity index is 2.35. The van der Waals surface area contributed by atoms with Gasteiger partial charge in [-0.25, -0.2) is 4.98 Å². The van der Waals surface area contributed by atoms with Crippen LogP contribution in [0.3, 0.4) is 0 Å². The molecule has 0 radical (unpaired) electrons. The van der Waals surface area contributed by atoms with Crippen molar-refractivity contribution < 1.29 is 10.0 Å². The normalized spacial score (nSPS) is 10.9. The van der Waals surface area contributed by atoms with E-state index in [1.165, 1.54) is 13.2 Å². The number of aromatic nitrogens is 2. The van der Waals surface area contributed by atoms with Crippen molar-refractivity contribution >= 4 is 16.8 Å². The van der Waals surface area contributed by atoms with Gasteiger partial charge in [-0.15, -0.1) is 0 Å². The molecule has 2 aliphatic heterocycles. The first-order valence-electron chi connectivity index (χ1n) is 5.53. The molecular formula is C13H11N3O2. The van der Waals surface area contributed by atoms with Crippen molar-refractivity contribution in [3.8, 4) is 11.3 Å². The van der Waals surface area contributed by atoms with Gasteiger partial charge in [-0.05, 0) is 12.1 Å². The molecule has 18 heavy (non-hydrogen) atoms. The van der Waals surface area contributed by atoms with Crippen molar-refractivity contribution in [2.75, 3.05) is 7.05 Å². The summed E-state index contributed by atoms with van der Waals surface area (Å²) in [6, 6.07) is 9.31. The minimum absolute atomic E-state index is 0.183. The molecule has 2 N–H and O–H groups in total. The van der Waals surface area contributed by atoms with Crippen LogP contribution >= 0.6 is 0 Å². The third-order valence-electron chi connectivity index (χ3n) is 2.94. The average Bonchev–Trinajstić information content (AvgIpc) is 2.74. The van der Waals surface area contributed by atoms with Gasteiger partial charge in [0, 0.05) is 18.0 Å². The molecule has 3 rings (SSSR count). The van der Waals surface area contributed by atoms with Gasteiger partial charge in [0.2, 0.25) is 0 Å². The standard InChI is InChI=1S/C13H11N3O2/c1-14-13(17)12-6-9-8-4-2-3-5-10(8)15-11(9)7-16(12)18/h2-7,18H,1H3,(H,14,17). The Kier molecular flexibility index (Phi) is 2.19. The Morgan fingerprint density at radius 1 is 1.39 bits per heavy atom. The van der Waals surface area contributed by atoms with Crippen molar-refractivity contribution in [3.05, 3.63) is 42.2 Å². The summed E-state index contributed by atoms with van der Waals surface area (Å²) in [7, 11) is 1.52. The molecule has 0 atom stereocenters. The highest BCUT2D eigenvalue weighted by atomic mass is 16.5. The predicted octanol–water partition coefficient (Wildman–Crippen LogP) is 1.74. The molecule has 5 nitrogen and oxygen atoms in total. The fraction of sp³-hybridized carbons (Fsp3) is 0.0769. The second-order valence-electron chi connectivity index (χ2n) is 4.01. The summed E-state index contributed by atoms with van der Waals surface area (Å²) in [6.45, 7) is 0. The lowest BCUT2D eigenvalue weighted by atomic mass is 10.1. The van der Waals surface area contributed by atoms with Crippen LogP contribution < -0.4 is 5.32 Å². The Hall–Kier alpha value is -2.56. The number of pyridine rings is 1. The van der Waals surface area contributed by atoms with Crippen LogP contribution in [0, 0.1) is 0 Å². The number of rotatable bonds is 1. The molecule has 2 aliphatic rings. The van der Waals surface area contributed by atoms with Crippen LogP contribution in [-0.4, -0.2) is 27.9 Å². The van der Waals surface area contributed by atoms with Crippen LogP contribution in [-0.2, 0) is 0 Å². The average molecular weight is 241 g/mol. The maximum Gasteiger partial charge on any atom is 0.271 e. The minimum atomic E-state index is -0.343. The Morgan fingerprint density at radius 3 is 2.94 bits per heavy atom. The molecule has 0 unspecified atom stereocenters. The van der Waals surface area contributed by atoms with E-state index in [1.54, 1.807) is 6.07 Å². The fourth-order valence-electron chi connectivity index (χ4n) is 2.06. The summed E-state index contributed by atoms with van der Waals surface area (Å²) in [5, 5.41) is 13.2. The first-order chi connectivity index (χ1) is 8.70. The number of nitrogens with one attached hydrogen (secondary N) is 1. The van der Waals surface area contributed by atoms with Crippen LogP contribution in [0.2, 0.25) is 0 Å². The highest BCUT2D eigenvalue weighted by Crippen LogP contribution is 2.31. The van der Waals surface area contributed by atoms with Gasteiger partial charge >= 0.3 is 0 Å². The van der Waals surface area contributed by atoms with Crippen molar-refractivity contribution in [2.45, 2.75) is 0 Å². The highest BCUT2D eigenvalue weighted by Gasteiger charge is 2.17. The van der Waals surface area contributed by atoms with Crippen molar-refractivity contribution in [3.63, 3.8) is 0 Å². The minimum Gasteiger partial charge on any atom is -0.428 e. The molecule has 90 valence electrons. The first kappa shape index (κ1) is 10.6.